The maximum atomic E-state index is 12.6. The van der Waals surface area contributed by atoms with E-state index in [9.17, 15) is 8.42 Å². The molecule has 0 amide bonds. The molecule has 0 radical (unpaired) electrons. The van der Waals surface area contributed by atoms with Crippen LogP contribution in [0, 0.1) is 6.92 Å². The summed E-state index contributed by atoms with van der Waals surface area (Å²) < 4.78 is 26.8. The first-order chi connectivity index (χ1) is 9.05. The zero-order valence-electron chi connectivity index (χ0n) is 11.6. The Morgan fingerprint density at radius 2 is 2.00 bits per heavy atom. The minimum Gasteiger partial charge on any atom is -0.301 e. The van der Waals surface area contributed by atoms with E-state index < -0.39 is 10.0 Å². The van der Waals surface area contributed by atoms with Crippen LogP contribution >= 0.6 is 0 Å². The van der Waals surface area contributed by atoms with Crippen LogP contribution in [-0.2, 0) is 10.0 Å². The van der Waals surface area contributed by atoms with E-state index in [1.807, 2.05) is 19.1 Å². The zero-order valence-corrected chi connectivity index (χ0v) is 12.4. The monoisotopic (exact) mass is 282 g/mol. The van der Waals surface area contributed by atoms with Crippen molar-refractivity contribution in [3.8, 4) is 0 Å². The molecule has 0 saturated carbocycles. The van der Waals surface area contributed by atoms with Gasteiger partial charge in [0.25, 0.3) is 0 Å². The molecule has 0 aliphatic carbocycles. The summed E-state index contributed by atoms with van der Waals surface area (Å²) in [5, 5.41) is 3.32. The average molecular weight is 282 g/mol. The van der Waals surface area contributed by atoms with Gasteiger partial charge in [0.15, 0.2) is 0 Å². The number of benzene rings is 1. The highest BCUT2D eigenvalue weighted by molar-refractivity contribution is 7.89. The van der Waals surface area contributed by atoms with Crippen molar-refractivity contribution in [1.29, 1.82) is 0 Å². The van der Waals surface area contributed by atoms with E-state index in [1.54, 1.807) is 16.4 Å². The second-order valence-electron chi connectivity index (χ2n) is 5.04. The summed E-state index contributed by atoms with van der Waals surface area (Å²) in [6.07, 6.45) is 2.78. The third-order valence-corrected chi connectivity index (χ3v) is 5.38. The van der Waals surface area contributed by atoms with Gasteiger partial charge in [0.05, 0.1) is 11.1 Å². The van der Waals surface area contributed by atoms with Gasteiger partial charge in [-0.25, -0.2) is 8.42 Å². The van der Waals surface area contributed by atoms with Crippen molar-refractivity contribution in [2.45, 2.75) is 44.2 Å². The SMILES string of the molecule is CCCNC1CCCN1S(=O)(=O)c1ccc(C)cc1. The molecule has 19 heavy (non-hydrogen) atoms. The third kappa shape index (κ3) is 3.16. The molecule has 0 bridgehead atoms. The molecule has 1 saturated heterocycles. The number of rotatable bonds is 5. The molecule has 1 aliphatic heterocycles. The summed E-state index contributed by atoms with van der Waals surface area (Å²) in [7, 11) is -3.36. The lowest BCUT2D eigenvalue weighted by atomic mass is 10.2. The Balaban J connectivity index is 2.21. The molecule has 1 aliphatic rings. The van der Waals surface area contributed by atoms with Crippen LogP contribution in [0.5, 0.6) is 0 Å². The summed E-state index contributed by atoms with van der Waals surface area (Å²) in [4.78, 5) is 0.392. The van der Waals surface area contributed by atoms with E-state index in [-0.39, 0.29) is 6.17 Å². The minimum absolute atomic E-state index is 0.0498. The van der Waals surface area contributed by atoms with Crippen LogP contribution in [0.25, 0.3) is 0 Å². The molecule has 0 aromatic heterocycles. The standard InChI is InChI=1S/C14H22N2O2S/c1-3-10-15-14-5-4-11-16(14)19(17,18)13-8-6-12(2)7-9-13/h6-9,14-15H,3-5,10-11H2,1-2H3. The van der Waals surface area contributed by atoms with Crippen LogP contribution in [0.15, 0.2) is 29.2 Å². The highest BCUT2D eigenvalue weighted by Crippen LogP contribution is 2.24. The van der Waals surface area contributed by atoms with Crippen molar-refractivity contribution < 1.29 is 8.42 Å². The molecule has 4 nitrogen and oxygen atoms in total. The fraction of sp³-hybridized carbons (Fsp3) is 0.571. The number of hydrogen-bond donors (Lipinski definition) is 1. The molecule has 1 aromatic carbocycles. The van der Waals surface area contributed by atoms with Gasteiger partial charge in [-0.05, 0) is 44.9 Å². The van der Waals surface area contributed by atoms with Crippen molar-refractivity contribution in [3.63, 3.8) is 0 Å². The van der Waals surface area contributed by atoms with Gasteiger partial charge in [0, 0.05) is 6.54 Å². The first kappa shape index (κ1) is 14.5. The Bertz CT molecular complexity index is 511. The van der Waals surface area contributed by atoms with Gasteiger partial charge in [-0.1, -0.05) is 24.6 Å². The van der Waals surface area contributed by atoms with Gasteiger partial charge in [-0.15, -0.1) is 0 Å². The van der Waals surface area contributed by atoms with Gasteiger partial charge in [0.2, 0.25) is 10.0 Å². The van der Waals surface area contributed by atoms with E-state index >= 15 is 0 Å². The quantitative estimate of drug-likeness (QED) is 0.900. The topological polar surface area (TPSA) is 49.4 Å². The molecule has 0 spiro atoms. The van der Waals surface area contributed by atoms with Crippen molar-refractivity contribution in [2.75, 3.05) is 13.1 Å². The van der Waals surface area contributed by atoms with Crippen molar-refractivity contribution in [2.24, 2.45) is 0 Å². The number of aryl methyl sites for hydroxylation is 1. The van der Waals surface area contributed by atoms with E-state index in [0.29, 0.717) is 11.4 Å². The lowest BCUT2D eigenvalue weighted by Gasteiger charge is -2.25. The molecule has 1 fully saturated rings. The van der Waals surface area contributed by atoms with Crippen molar-refractivity contribution in [1.82, 2.24) is 9.62 Å². The fourth-order valence-corrected chi connectivity index (χ4v) is 4.02. The summed E-state index contributed by atoms with van der Waals surface area (Å²) in [6.45, 7) is 5.50. The van der Waals surface area contributed by atoms with Crippen molar-refractivity contribution >= 4 is 10.0 Å². The second kappa shape index (κ2) is 6.03. The van der Waals surface area contributed by atoms with Crippen LogP contribution in [0.3, 0.4) is 0 Å². The molecule has 1 unspecified atom stereocenters. The second-order valence-corrected chi connectivity index (χ2v) is 6.93. The summed E-state index contributed by atoms with van der Waals surface area (Å²) in [6, 6.07) is 7.08. The first-order valence-electron chi connectivity index (χ1n) is 6.87. The largest absolute Gasteiger partial charge is 0.301 e. The van der Waals surface area contributed by atoms with E-state index in [2.05, 4.69) is 12.2 Å². The Kier molecular flexibility index (Phi) is 4.60. The van der Waals surface area contributed by atoms with Gasteiger partial charge < -0.3 is 5.32 Å². The molecule has 106 valence electrons. The van der Waals surface area contributed by atoms with Crippen molar-refractivity contribution in [3.05, 3.63) is 29.8 Å². The Morgan fingerprint density at radius 3 is 2.63 bits per heavy atom. The van der Waals surface area contributed by atoms with Gasteiger partial charge in [-0.2, -0.15) is 4.31 Å². The smallest absolute Gasteiger partial charge is 0.244 e. The van der Waals surface area contributed by atoms with E-state index in [0.717, 1.165) is 31.4 Å². The lowest BCUT2D eigenvalue weighted by molar-refractivity contribution is 0.334. The maximum absolute atomic E-state index is 12.6. The summed E-state index contributed by atoms with van der Waals surface area (Å²) >= 11 is 0. The normalized spacial score (nSPS) is 20.8. The molecule has 1 aromatic rings. The van der Waals surface area contributed by atoms with E-state index in [4.69, 9.17) is 0 Å². The lowest BCUT2D eigenvalue weighted by Crippen LogP contribution is -2.44. The number of hydrogen-bond acceptors (Lipinski definition) is 3. The van der Waals surface area contributed by atoms with Gasteiger partial charge >= 0.3 is 0 Å². The maximum Gasteiger partial charge on any atom is 0.244 e. The van der Waals surface area contributed by atoms with Crippen LogP contribution < -0.4 is 5.32 Å². The highest BCUT2D eigenvalue weighted by Gasteiger charge is 2.34. The third-order valence-electron chi connectivity index (χ3n) is 3.46. The zero-order chi connectivity index (χ0) is 13.9. The molecular weight excluding hydrogens is 260 g/mol. The summed E-state index contributed by atoms with van der Waals surface area (Å²) in [5.41, 5.74) is 1.07. The molecule has 1 N–H and O–H groups in total. The molecule has 1 heterocycles. The Morgan fingerprint density at radius 1 is 1.32 bits per heavy atom. The highest BCUT2D eigenvalue weighted by atomic mass is 32.2. The van der Waals surface area contributed by atoms with Crippen LogP contribution in [-0.4, -0.2) is 32.0 Å². The number of nitrogens with zero attached hydrogens (tertiary/aromatic N) is 1. The molecule has 2 rings (SSSR count). The molecule has 5 heteroatoms. The van der Waals surface area contributed by atoms with Crippen LogP contribution in [0.2, 0.25) is 0 Å². The Hall–Kier alpha value is -0.910. The molecule has 1 atom stereocenters. The van der Waals surface area contributed by atoms with Crippen LogP contribution in [0.1, 0.15) is 31.7 Å². The first-order valence-corrected chi connectivity index (χ1v) is 8.31. The minimum atomic E-state index is -3.36. The predicted octanol–water partition coefficient (Wildman–Crippen LogP) is 2.11. The summed E-state index contributed by atoms with van der Waals surface area (Å²) in [5.74, 6) is 0. The number of nitrogens with one attached hydrogen (secondary N) is 1. The van der Waals surface area contributed by atoms with Gasteiger partial charge in [-0.3, -0.25) is 0 Å². The fourth-order valence-electron chi connectivity index (χ4n) is 2.39. The van der Waals surface area contributed by atoms with Gasteiger partial charge in [0.1, 0.15) is 0 Å². The number of sulfonamides is 1. The Labute approximate surface area is 115 Å². The predicted molar refractivity (Wildman–Crippen MR) is 76.4 cm³/mol. The van der Waals surface area contributed by atoms with Crippen LogP contribution in [0.4, 0.5) is 0 Å². The van der Waals surface area contributed by atoms with E-state index in [1.165, 1.54) is 0 Å². The average Bonchev–Trinajstić information content (AvgIpc) is 2.86. The molecular formula is C14H22N2O2S.